The van der Waals surface area contributed by atoms with E-state index in [0.717, 1.165) is 54.1 Å². The minimum absolute atomic E-state index is 0.268. The summed E-state index contributed by atoms with van der Waals surface area (Å²) < 4.78 is 11.6. The second-order valence-electron chi connectivity index (χ2n) is 10.8. The number of carboxylic acid groups (broad SMARTS) is 1. The molecule has 33 heavy (non-hydrogen) atoms. The van der Waals surface area contributed by atoms with Crippen molar-refractivity contribution in [1.82, 2.24) is 4.98 Å². The zero-order chi connectivity index (χ0) is 24.6. The fourth-order valence-electron chi connectivity index (χ4n) is 4.44. The van der Waals surface area contributed by atoms with E-state index in [1.54, 1.807) is 7.11 Å². The van der Waals surface area contributed by atoms with E-state index in [4.69, 9.17) is 9.47 Å². The molecule has 0 radical (unpaired) electrons. The molecule has 6 heteroatoms. The Morgan fingerprint density at radius 3 is 2.33 bits per heavy atom. The van der Waals surface area contributed by atoms with Crippen molar-refractivity contribution < 1.29 is 19.4 Å². The molecule has 0 saturated carbocycles. The molecule has 0 aliphatic carbocycles. The van der Waals surface area contributed by atoms with Gasteiger partial charge in [-0.3, -0.25) is 4.98 Å². The lowest BCUT2D eigenvalue weighted by molar-refractivity contribution is -0.160. The van der Waals surface area contributed by atoms with Crippen LogP contribution in [0.4, 0.5) is 5.69 Å². The summed E-state index contributed by atoms with van der Waals surface area (Å²) >= 11 is 0. The SMILES string of the molecule is COc1ccc(-c2cnc(C)c(C(OC(C)(C)C)C(=O)O)c2N2CCC(C)(C)CC2)cc1C. The number of aromatic nitrogens is 1. The lowest BCUT2D eigenvalue weighted by atomic mass is 9.82. The normalized spacial score (nSPS) is 17.0. The smallest absolute Gasteiger partial charge is 0.337 e. The monoisotopic (exact) mass is 454 g/mol. The molecule has 0 bridgehead atoms. The number of aliphatic carboxylic acids is 1. The molecule has 0 amide bonds. The van der Waals surface area contributed by atoms with Gasteiger partial charge in [0.25, 0.3) is 0 Å². The predicted molar refractivity (Wildman–Crippen MR) is 132 cm³/mol. The van der Waals surface area contributed by atoms with Crippen LogP contribution in [0.1, 0.15) is 70.4 Å². The Kier molecular flexibility index (Phi) is 7.08. The zero-order valence-electron chi connectivity index (χ0n) is 21.3. The summed E-state index contributed by atoms with van der Waals surface area (Å²) in [6.07, 6.45) is 2.83. The van der Waals surface area contributed by atoms with Crippen LogP contribution in [0, 0.1) is 19.3 Å². The fourth-order valence-corrected chi connectivity index (χ4v) is 4.44. The second kappa shape index (κ2) is 9.34. The topological polar surface area (TPSA) is 71.9 Å². The summed E-state index contributed by atoms with van der Waals surface area (Å²) in [4.78, 5) is 19.4. The lowest BCUT2D eigenvalue weighted by Gasteiger charge is -2.41. The summed E-state index contributed by atoms with van der Waals surface area (Å²) in [6.45, 7) is 15.8. The van der Waals surface area contributed by atoms with Crippen LogP contribution in [0.5, 0.6) is 5.75 Å². The van der Waals surface area contributed by atoms with Crippen LogP contribution in [0.15, 0.2) is 24.4 Å². The van der Waals surface area contributed by atoms with E-state index in [1.165, 1.54) is 0 Å². The van der Waals surface area contributed by atoms with Crippen LogP contribution < -0.4 is 9.64 Å². The zero-order valence-corrected chi connectivity index (χ0v) is 21.3. The van der Waals surface area contributed by atoms with Gasteiger partial charge in [-0.15, -0.1) is 0 Å². The molecular formula is C27H38N2O4. The number of piperidine rings is 1. The number of rotatable bonds is 6. The third-order valence-electron chi connectivity index (χ3n) is 6.38. The molecule has 1 aliphatic rings. The van der Waals surface area contributed by atoms with Crippen molar-refractivity contribution in [3.63, 3.8) is 0 Å². The van der Waals surface area contributed by atoms with Crippen molar-refractivity contribution in [1.29, 1.82) is 0 Å². The van der Waals surface area contributed by atoms with Gasteiger partial charge in [0, 0.05) is 36.1 Å². The molecular weight excluding hydrogens is 416 g/mol. The summed E-state index contributed by atoms with van der Waals surface area (Å²) in [5, 5.41) is 10.2. The fraction of sp³-hybridized carbons (Fsp3) is 0.556. The summed E-state index contributed by atoms with van der Waals surface area (Å²) in [6, 6.07) is 6.04. The van der Waals surface area contributed by atoms with E-state index in [1.807, 2.05) is 52.9 Å². The number of anilines is 1. The van der Waals surface area contributed by atoms with Gasteiger partial charge in [-0.05, 0) is 76.1 Å². The standard InChI is InChI=1S/C27H38N2O4/c1-17-15-19(9-10-21(17)32-8)20-16-28-18(2)22(24(25(30)31)33-26(3,4)5)23(20)29-13-11-27(6,7)12-14-29/h9-10,15-16,24H,11-14H2,1-8H3,(H,30,31). The number of benzene rings is 1. The first kappa shape index (κ1) is 25.0. The van der Waals surface area contributed by atoms with Crippen molar-refractivity contribution in [2.45, 2.75) is 73.0 Å². The molecule has 1 saturated heterocycles. The summed E-state index contributed by atoms with van der Waals surface area (Å²) in [5.74, 6) is -0.184. The molecule has 6 nitrogen and oxygen atoms in total. The third-order valence-corrected chi connectivity index (χ3v) is 6.38. The molecule has 3 rings (SSSR count). The maximum Gasteiger partial charge on any atom is 0.337 e. The van der Waals surface area contributed by atoms with E-state index < -0.39 is 17.7 Å². The maximum atomic E-state index is 12.5. The number of methoxy groups -OCH3 is 1. The molecule has 1 N–H and O–H groups in total. The highest BCUT2D eigenvalue weighted by Gasteiger charge is 2.35. The van der Waals surface area contributed by atoms with Crippen LogP contribution in [-0.2, 0) is 9.53 Å². The van der Waals surface area contributed by atoms with Crippen molar-refractivity contribution in [2.75, 3.05) is 25.1 Å². The van der Waals surface area contributed by atoms with E-state index in [-0.39, 0.29) is 5.41 Å². The molecule has 2 heterocycles. The predicted octanol–water partition coefficient (Wildman–Crippen LogP) is 5.94. The van der Waals surface area contributed by atoms with Crippen LogP contribution in [0.3, 0.4) is 0 Å². The number of aryl methyl sites for hydroxylation is 2. The number of ether oxygens (including phenoxy) is 2. The van der Waals surface area contributed by atoms with E-state index >= 15 is 0 Å². The second-order valence-corrected chi connectivity index (χ2v) is 10.8. The summed E-state index contributed by atoms with van der Waals surface area (Å²) in [5.41, 5.74) is 4.81. The Hall–Kier alpha value is -2.60. The number of hydrogen-bond acceptors (Lipinski definition) is 5. The molecule has 1 aromatic heterocycles. The molecule has 2 aromatic rings. The Bertz CT molecular complexity index is 1010. The first-order valence-electron chi connectivity index (χ1n) is 11.6. The van der Waals surface area contributed by atoms with Crippen molar-refractivity contribution in [2.24, 2.45) is 5.41 Å². The van der Waals surface area contributed by atoms with E-state index in [2.05, 4.69) is 29.8 Å². The number of carbonyl (C=O) groups is 1. The Labute approximate surface area is 197 Å². The van der Waals surface area contributed by atoms with Crippen LogP contribution in [0.25, 0.3) is 11.1 Å². The highest BCUT2D eigenvalue weighted by molar-refractivity contribution is 5.86. The minimum atomic E-state index is -1.11. The number of hydrogen-bond donors (Lipinski definition) is 1. The first-order valence-corrected chi connectivity index (χ1v) is 11.6. The largest absolute Gasteiger partial charge is 0.496 e. The number of carboxylic acids is 1. The minimum Gasteiger partial charge on any atom is -0.496 e. The molecule has 1 unspecified atom stereocenters. The van der Waals surface area contributed by atoms with Crippen LogP contribution in [0.2, 0.25) is 0 Å². The van der Waals surface area contributed by atoms with Gasteiger partial charge in [0.05, 0.1) is 18.4 Å². The van der Waals surface area contributed by atoms with E-state index in [0.29, 0.717) is 11.3 Å². The lowest BCUT2D eigenvalue weighted by Crippen LogP contribution is -2.39. The van der Waals surface area contributed by atoms with Gasteiger partial charge in [-0.1, -0.05) is 19.9 Å². The molecule has 1 aliphatic heterocycles. The van der Waals surface area contributed by atoms with Crippen molar-refractivity contribution >= 4 is 11.7 Å². The van der Waals surface area contributed by atoms with Crippen molar-refractivity contribution in [3.05, 3.63) is 41.2 Å². The number of nitrogens with zero attached hydrogens (tertiary/aromatic N) is 2. The van der Waals surface area contributed by atoms with Crippen LogP contribution >= 0.6 is 0 Å². The molecule has 1 atom stereocenters. The Morgan fingerprint density at radius 1 is 1.18 bits per heavy atom. The van der Waals surface area contributed by atoms with Crippen LogP contribution in [-0.4, -0.2) is 41.9 Å². The van der Waals surface area contributed by atoms with Gasteiger partial charge in [0.15, 0.2) is 6.10 Å². The van der Waals surface area contributed by atoms with Gasteiger partial charge in [-0.25, -0.2) is 4.79 Å². The number of pyridine rings is 1. The molecule has 1 fully saturated rings. The van der Waals surface area contributed by atoms with Gasteiger partial charge in [0.2, 0.25) is 0 Å². The highest BCUT2D eigenvalue weighted by Crippen LogP contribution is 2.43. The quantitative estimate of drug-likeness (QED) is 0.582. The highest BCUT2D eigenvalue weighted by atomic mass is 16.5. The van der Waals surface area contributed by atoms with Gasteiger partial charge >= 0.3 is 5.97 Å². The summed E-state index contributed by atoms with van der Waals surface area (Å²) in [7, 11) is 1.66. The van der Waals surface area contributed by atoms with E-state index in [9.17, 15) is 9.90 Å². The molecule has 180 valence electrons. The van der Waals surface area contributed by atoms with Gasteiger partial charge < -0.3 is 19.5 Å². The maximum absolute atomic E-state index is 12.5. The van der Waals surface area contributed by atoms with Gasteiger partial charge in [-0.2, -0.15) is 0 Å². The Balaban J connectivity index is 2.25. The molecule has 0 spiro atoms. The average Bonchev–Trinajstić information content (AvgIpc) is 2.71. The van der Waals surface area contributed by atoms with Gasteiger partial charge in [0.1, 0.15) is 5.75 Å². The average molecular weight is 455 g/mol. The molecule has 1 aromatic carbocycles. The van der Waals surface area contributed by atoms with Crippen molar-refractivity contribution in [3.8, 4) is 16.9 Å². The Morgan fingerprint density at radius 2 is 1.82 bits per heavy atom. The third kappa shape index (κ3) is 5.67. The first-order chi connectivity index (χ1) is 15.3.